The molecule has 0 saturated carbocycles. The van der Waals surface area contributed by atoms with E-state index in [1.54, 1.807) is 6.07 Å². The van der Waals surface area contributed by atoms with Crippen LogP contribution in [0.15, 0.2) is 41.3 Å². The summed E-state index contributed by atoms with van der Waals surface area (Å²) in [5.41, 5.74) is 0.544. The maximum absolute atomic E-state index is 13.9. The summed E-state index contributed by atoms with van der Waals surface area (Å²) < 4.78 is 49.0. The van der Waals surface area contributed by atoms with Gasteiger partial charge in [-0.25, -0.2) is 12.8 Å². The van der Waals surface area contributed by atoms with Gasteiger partial charge in [-0.05, 0) is 18.2 Å². The summed E-state index contributed by atoms with van der Waals surface area (Å²) in [5.74, 6) is -0.765. The molecule has 0 fully saturated rings. The van der Waals surface area contributed by atoms with Crippen LogP contribution in [0.5, 0.6) is 0 Å². The molecule has 0 spiro atoms. The van der Waals surface area contributed by atoms with Gasteiger partial charge in [0.1, 0.15) is 21.7 Å². The number of benzene rings is 2. The zero-order chi connectivity index (χ0) is 15.7. The van der Waals surface area contributed by atoms with E-state index in [4.69, 9.17) is 0 Å². The molecule has 0 amide bonds. The van der Waals surface area contributed by atoms with Gasteiger partial charge in [0, 0.05) is 5.56 Å². The summed E-state index contributed by atoms with van der Waals surface area (Å²) >= 11 is 0.894. The Balaban J connectivity index is 2.11. The Hall–Kier alpha value is -2.10. The number of rotatable bonds is 4. The van der Waals surface area contributed by atoms with E-state index in [0.29, 0.717) is 5.52 Å². The minimum absolute atomic E-state index is 0.0918. The molecule has 9 heteroatoms. The highest BCUT2D eigenvalue weighted by atomic mass is 32.2. The Labute approximate surface area is 129 Å². The van der Waals surface area contributed by atoms with Crippen LogP contribution in [0, 0.1) is 5.82 Å². The van der Waals surface area contributed by atoms with E-state index in [-0.39, 0.29) is 21.7 Å². The highest BCUT2D eigenvalue weighted by molar-refractivity contribution is 7.93. The van der Waals surface area contributed by atoms with Crippen LogP contribution < -0.4 is 4.72 Å². The molecule has 114 valence electrons. The molecule has 6 nitrogen and oxygen atoms in total. The van der Waals surface area contributed by atoms with Crippen molar-refractivity contribution >= 4 is 38.5 Å². The van der Waals surface area contributed by atoms with Gasteiger partial charge in [-0.15, -0.1) is 0 Å². The van der Waals surface area contributed by atoms with Crippen molar-refractivity contribution in [1.29, 1.82) is 0 Å². The molecule has 1 heterocycles. The smallest absolute Gasteiger partial charge is 0.264 e. The first-order valence-corrected chi connectivity index (χ1v) is 8.36. The molecule has 22 heavy (non-hydrogen) atoms. The molecular weight excluding hydrogens is 329 g/mol. The number of sulfonamides is 1. The molecule has 0 aliphatic rings. The van der Waals surface area contributed by atoms with Gasteiger partial charge in [-0.3, -0.25) is 4.72 Å². The van der Waals surface area contributed by atoms with E-state index in [2.05, 4.69) is 13.5 Å². The number of nitrogens with zero attached hydrogens (tertiary/aromatic N) is 2. The number of nitrogens with one attached hydrogen (secondary N) is 1. The first-order valence-electron chi connectivity index (χ1n) is 6.15. The molecule has 0 atom stereocenters. The quantitative estimate of drug-likeness (QED) is 0.760. The van der Waals surface area contributed by atoms with Gasteiger partial charge in [0.2, 0.25) is 0 Å². The van der Waals surface area contributed by atoms with Crippen LogP contribution in [0.1, 0.15) is 5.56 Å². The molecule has 0 bridgehead atoms. The summed E-state index contributed by atoms with van der Waals surface area (Å²) in [6.07, 6.45) is 0. The number of anilines is 1. The lowest BCUT2D eigenvalue weighted by atomic mass is 10.2. The van der Waals surface area contributed by atoms with E-state index in [1.807, 2.05) is 0 Å². The first-order chi connectivity index (χ1) is 10.5. The molecule has 2 N–H and O–H groups in total. The van der Waals surface area contributed by atoms with Gasteiger partial charge < -0.3 is 5.11 Å². The van der Waals surface area contributed by atoms with Gasteiger partial charge in [0.15, 0.2) is 0 Å². The number of aliphatic hydroxyl groups is 1. The lowest BCUT2D eigenvalue weighted by Gasteiger charge is -2.12. The first kappa shape index (κ1) is 14.8. The van der Waals surface area contributed by atoms with E-state index in [0.717, 1.165) is 17.8 Å². The number of aliphatic hydroxyl groups excluding tert-OH is 1. The van der Waals surface area contributed by atoms with E-state index >= 15 is 0 Å². The van der Waals surface area contributed by atoms with Crippen molar-refractivity contribution in [2.45, 2.75) is 11.5 Å². The number of para-hydroxylation sites is 1. The normalized spacial score (nSPS) is 11.7. The van der Waals surface area contributed by atoms with Crippen LogP contribution in [0.25, 0.3) is 11.0 Å². The van der Waals surface area contributed by atoms with Crippen molar-refractivity contribution in [3.8, 4) is 0 Å². The van der Waals surface area contributed by atoms with Crippen LogP contribution in [0.3, 0.4) is 0 Å². The van der Waals surface area contributed by atoms with Crippen molar-refractivity contribution in [3.05, 3.63) is 47.8 Å². The van der Waals surface area contributed by atoms with Gasteiger partial charge in [0.05, 0.1) is 24.0 Å². The van der Waals surface area contributed by atoms with E-state index in [9.17, 15) is 17.9 Å². The van der Waals surface area contributed by atoms with Crippen LogP contribution in [-0.2, 0) is 16.6 Å². The second-order valence-electron chi connectivity index (χ2n) is 4.43. The third-order valence-electron chi connectivity index (χ3n) is 3.05. The summed E-state index contributed by atoms with van der Waals surface area (Å²) in [6.45, 7) is -0.488. The lowest BCUT2D eigenvalue weighted by Crippen LogP contribution is -2.16. The highest BCUT2D eigenvalue weighted by Crippen LogP contribution is 2.26. The van der Waals surface area contributed by atoms with Crippen molar-refractivity contribution in [2.75, 3.05) is 4.72 Å². The van der Waals surface area contributed by atoms with Crippen molar-refractivity contribution in [1.82, 2.24) is 8.75 Å². The summed E-state index contributed by atoms with van der Waals surface area (Å²) in [5, 5.41) is 9.23. The maximum atomic E-state index is 13.9. The number of aromatic nitrogens is 2. The Kier molecular flexibility index (Phi) is 3.77. The zero-order valence-corrected chi connectivity index (χ0v) is 12.7. The third-order valence-corrected chi connectivity index (χ3v) is 4.97. The van der Waals surface area contributed by atoms with Crippen molar-refractivity contribution in [3.63, 3.8) is 0 Å². The largest absolute Gasteiger partial charge is 0.392 e. The zero-order valence-electron chi connectivity index (χ0n) is 11.0. The van der Waals surface area contributed by atoms with E-state index < -0.39 is 22.4 Å². The number of fused-ring (bicyclic) bond motifs is 1. The van der Waals surface area contributed by atoms with Gasteiger partial charge >= 0.3 is 0 Å². The summed E-state index contributed by atoms with van der Waals surface area (Å²) in [4.78, 5) is -0.0918. The molecule has 3 rings (SSSR count). The van der Waals surface area contributed by atoms with Crippen molar-refractivity contribution in [2.24, 2.45) is 0 Å². The molecule has 0 saturated heterocycles. The van der Waals surface area contributed by atoms with Gasteiger partial charge in [-0.2, -0.15) is 8.75 Å². The molecule has 0 radical (unpaired) electrons. The molecule has 2 aromatic carbocycles. The van der Waals surface area contributed by atoms with Crippen LogP contribution in [0.4, 0.5) is 10.1 Å². The molecule has 0 unspecified atom stereocenters. The second kappa shape index (κ2) is 5.59. The van der Waals surface area contributed by atoms with Crippen LogP contribution in [-0.4, -0.2) is 22.3 Å². The number of hydrogen-bond donors (Lipinski definition) is 2. The average molecular weight is 339 g/mol. The Bertz CT molecular complexity index is 941. The Morgan fingerprint density at radius 2 is 1.95 bits per heavy atom. The SMILES string of the molecule is O=S(=O)(Nc1c(F)cccc1CO)c1cccc2nsnc12. The summed E-state index contributed by atoms with van der Waals surface area (Å²) in [7, 11) is -4.06. The predicted molar refractivity (Wildman–Crippen MR) is 80.5 cm³/mol. The molecular formula is C13H10FN3O3S2. The minimum atomic E-state index is -4.06. The monoisotopic (exact) mass is 339 g/mol. The van der Waals surface area contributed by atoms with Gasteiger partial charge in [0.25, 0.3) is 10.0 Å². The maximum Gasteiger partial charge on any atom is 0.264 e. The van der Waals surface area contributed by atoms with Crippen LogP contribution >= 0.6 is 11.7 Å². The summed E-state index contributed by atoms with van der Waals surface area (Å²) in [6, 6.07) is 8.48. The molecule has 0 aliphatic carbocycles. The number of halogens is 1. The Morgan fingerprint density at radius 3 is 2.73 bits per heavy atom. The van der Waals surface area contributed by atoms with E-state index in [1.165, 1.54) is 24.3 Å². The fourth-order valence-electron chi connectivity index (χ4n) is 2.00. The standard InChI is InChI=1S/C13H10FN3O3S2/c14-9-4-1-3-8(7-18)12(9)17-22(19,20)11-6-2-5-10-13(11)16-21-15-10/h1-6,17-18H,7H2. The van der Waals surface area contributed by atoms with Crippen molar-refractivity contribution < 1.29 is 17.9 Å². The molecule has 1 aromatic heterocycles. The molecule has 0 aliphatic heterocycles. The predicted octanol–water partition coefficient (Wildman–Crippen LogP) is 2.12. The fraction of sp³-hybridized carbons (Fsp3) is 0.0769. The fourth-order valence-corrected chi connectivity index (χ4v) is 3.88. The average Bonchev–Trinajstić information content (AvgIpc) is 2.97. The topological polar surface area (TPSA) is 92.2 Å². The number of hydrogen-bond acceptors (Lipinski definition) is 6. The molecule has 3 aromatic rings. The minimum Gasteiger partial charge on any atom is -0.392 e. The second-order valence-corrected chi connectivity index (χ2v) is 6.60. The van der Waals surface area contributed by atoms with Crippen LogP contribution in [0.2, 0.25) is 0 Å². The highest BCUT2D eigenvalue weighted by Gasteiger charge is 2.22. The Morgan fingerprint density at radius 1 is 1.18 bits per heavy atom. The third kappa shape index (κ3) is 2.54. The van der Waals surface area contributed by atoms with Gasteiger partial charge in [-0.1, -0.05) is 18.2 Å². The lowest BCUT2D eigenvalue weighted by molar-refractivity contribution is 0.282.